The van der Waals surface area contributed by atoms with Gasteiger partial charge in [-0.15, -0.1) is 5.10 Å². The van der Waals surface area contributed by atoms with E-state index in [9.17, 15) is 4.79 Å². The Bertz CT molecular complexity index is 716. The number of fused-ring (bicyclic) bond motifs is 1. The van der Waals surface area contributed by atoms with E-state index < -0.39 is 11.7 Å². The molecule has 3 rings (SSSR count). The van der Waals surface area contributed by atoms with Crippen molar-refractivity contribution in [2.75, 3.05) is 0 Å². The fourth-order valence-electron chi connectivity index (χ4n) is 2.19. The Labute approximate surface area is 137 Å². The van der Waals surface area contributed by atoms with Crippen molar-refractivity contribution in [1.82, 2.24) is 19.9 Å². The minimum absolute atomic E-state index is 0.238. The van der Waals surface area contributed by atoms with Crippen LogP contribution in [0.1, 0.15) is 50.9 Å². The highest BCUT2D eigenvalue weighted by Crippen LogP contribution is 2.41. The number of aromatic nitrogens is 3. The van der Waals surface area contributed by atoms with Crippen molar-refractivity contribution in [3.05, 3.63) is 28.1 Å². The van der Waals surface area contributed by atoms with Crippen LogP contribution in [0.2, 0.25) is 0 Å². The van der Waals surface area contributed by atoms with Crippen molar-refractivity contribution in [3.63, 3.8) is 0 Å². The zero-order valence-electron chi connectivity index (χ0n) is 12.9. The van der Waals surface area contributed by atoms with E-state index in [1.54, 1.807) is 4.52 Å². The van der Waals surface area contributed by atoms with Gasteiger partial charge in [0.25, 0.3) is 0 Å². The van der Waals surface area contributed by atoms with Crippen LogP contribution in [0.15, 0.2) is 16.7 Å². The molecule has 22 heavy (non-hydrogen) atoms. The van der Waals surface area contributed by atoms with Gasteiger partial charge in [0, 0.05) is 6.20 Å². The summed E-state index contributed by atoms with van der Waals surface area (Å²) in [6, 6.07) is 2.10. The average Bonchev–Trinajstić information content (AvgIpc) is 3.15. The summed E-state index contributed by atoms with van der Waals surface area (Å²) >= 11 is 3.54. The highest BCUT2D eigenvalue weighted by molar-refractivity contribution is 9.10. The lowest BCUT2D eigenvalue weighted by Gasteiger charge is -2.19. The molecule has 0 radical (unpaired) electrons. The number of amides is 1. The van der Waals surface area contributed by atoms with E-state index >= 15 is 0 Å². The number of nitrogens with zero attached hydrogens (tertiary/aromatic N) is 3. The normalized spacial score (nSPS) is 15.1. The quantitative estimate of drug-likeness (QED) is 0.903. The summed E-state index contributed by atoms with van der Waals surface area (Å²) in [5, 5.41) is 7.09. The standard InChI is InChI=1S/C15H19BrN4O2/c1-15(2,3)22-14(21)17-7-12-18-13-11(16)6-10(9-4-5-9)8-20(13)19-12/h6,8-9H,4-5,7H2,1-3H3,(H,17,21). The first-order valence-electron chi connectivity index (χ1n) is 7.33. The van der Waals surface area contributed by atoms with E-state index in [1.807, 2.05) is 27.0 Å². The van der Waals surface area contributed by atoms with Gasteiger partial charge < -0.3 is 10.1 Å². The van der Waals surface area contributed by atoms with Crippen molar-refractivity contribution in [1.29, 1.82) is 0 Å². The molecule has 1 aliphatic rings. The first-order chi connectivity index (χ1) is 10.3. The highest BCUT2D eigenvalue weighted by Gasteiger charge is 2.25. The fraction of sp³-hybridized carbons (Fsp3) is 0.533. The molecule has 0 spiro atoms. The third-order valence-corrected chi connectivity index (χ3v) is 3.88. The molecule has 0 aliphatic heterocycles. The Morgan fingerprint density at radius 1 is 1.50 bits per heavy atom. The second kappa shape index (κ2) is 5.53. The molecule has 1 saturated carbocycles. The van der Waals surface area contributed by atoms with Crippen LogP contribution in [0, 0.1) is 0 Å². The zero-order valence-corrected chi connectivity index (χ0v) is 14.5. The van der Waals surface area contributed by atoms with Gasteiger partial charge >= 0.3 is 6.09 Å². The maximum atomic E-state index is 11.7. The van der Waals surface area contributed by atoms with Crippen molar-refractivity contribution >= 4 is 27.7 Å². The molecule has 1 N–H and O–H groups in total. The van der Waals surface area contributed by atoms with Crippen molar-refractivity contribution in [3.8, 4) is 0 Å². The molecule has 0 unspecified atom stereocenters. The molecule has 7 heteroatoms. The maximum Gasteiger partial charge on any atom is 0.408 e. The van der Waals surface area contributed by atoms with Gasteiger partial charge in [-0.2, -0.15) is 0 Å². The van der Waals surface area contributed by atoms with E-state index in [-0.39, 0.29) is 6.54 Å². The molecular formula is C15H19BrN4O2. The van der Waals surface area contributed by atoms with Crippen LogP contribution in [0.5, 0.6) is 0 Å². The largest absolute Gasteiger partial charge is 0.444 e. The number of halogens is 1. The van der Waals surface area contributed by atoms with Crippen LogP contribution in [-0.2, 0) is 11.3 Å². The minimum atomic E-state index is -0.515. The molecule has 2 aromatic heterocycles. The van der Waals surface area contributed by atoms with Crippen LogP contribution >= 0.6 is 15.9 Å². The molecule has 118 valence electrons. The number of alkyl carbamates (subject to hydrolysis) is 1. The summed E-state index contributed by atoms with van der Waals surface area (Å²) in [7, 11) is 0. The van der Waals surface area contributed by atoms with Gasteiger partial charge in [-0.1, -0.05) is 0 Å². The Morgan fingerprint density at radius 3 is 2.86 bits per heavy atom. The number of nitrogens with one attached hydrogen (secondary N) is 1. The molecular weight excluding hydrogens is 348 g/mol. The summed E-state index contributed by atoms with van der Waals surface area (Å²) in [6.07, 6.45) is 4.02. The van der Waals surface area contributed by atoms with Crippen molar-refractivity contribution in [2.24, 2.45) is 0 Å². The number of carbonyl (C=O) groups is 1. The van der Waals surface area contributed by atoms with Gasteiger partial charge in [0.15, 0.2) is 11.5 Å². The lowest BCUT2D eigenvalue weighted by Crippen LogP contribution is -2.32. The average molecular weight is 367 g/mol. The molecule has 0 atom stereocenters. The molecule has 1 fully saturated rings. The van der Waals surface area contributed by atoms with E-state index in [0.29, 0.717) is 11.7 Å². The number of rotatable bonds is 3. The summed E-state index contributed by atoms with van der Waals surface area (Å²) in [5.41, 5.74) is 1.51. The molecule has 0 bridgehead atoms. The first-order valence-corrected chi connectivity index (χ1v) is 8.13. The number of pyridine rings is 1. The maximum absolute atomic E-state index is 11.7. The van der Waals surface area contributed by atoms with Gasteiger partial charge in [-0.25, -0.2) is 14.3 Å². The number of hydrogen-bond acceptors (Lipinski definition) is 4. The second-order valence-electron chi connectivity index (χ2n) is 6.55. The summed E-state index contributed by atoms with van der Waals surface area (Å²) in [4.78, 5) is 16.1. The summed E-state index contributed by atoms with van der Waals surface area (Å²) in [5.74, 6) is 1.20. The predicted molar refractivity (Wildman–Crippen MR) is 85.7 cm³/mol. The van der Waals surface area contributed by atoms with Gasteiger partial charge in [0.05, 0.1) is 11.0 Å². The van der Waals surface area contributed by atoms with Crippen LogP contribution in [-0.4, -0.2) is 26.3 Å². The lowest BCUT2D eigenvalue weighted by molar-refractivity contribution is 0.0522. The van der Waals surface area contributed by atoms with E-state index in [1.165, 1.54) is 18.4 Å². The summed E-state index contributed by atoms with van der Waals surface area (Å²) in [6.45, 7) is 5.71. The lowest BCUT2D eigenvalue weighted by atomic mass is 10.2. The Morgan fingerprint density at radius 2 is 2.23 bits per heavy atom. The number of ether oxygens (including phenoxy) is 1. The molecule has 6 nitrogen and oxygen atoms in total. The minimum Gasteiger partial charge on any atom is -0.444 e. The zero-order chi connectivity index (χ0) is 15.9. The molecule has 2 heterocycles. The van der Waals surface area contributed by atoms with Gasteiger partial charge in [-0.3, -0.25) is 0 Å². The topological polar surface area (TPSA) is 68.5 Å². The number of hydrogen-bond donors (Lipinski definition) is 1. The SMILES string of the molecule is CC(C)(C)OC(=O)NCc1nc2c(Br)cc(C3CC3)cn2n1. The second-order valence-corrected chi connectivity index (χ2v) is 7.40. The van der Waals surface area contributed by atoms with Crippen LogP contribution in [0.3, 0.4) is 0 Å². The van der Waals surface area contributed by atoms with Gasteiger partial charge in [-0.05, 0) is 67.1 Å². The summed E-state index contributed by atoms with van der Waals surface area (Å²) < 4.78 is 7.89. The van der Waals surface area contributed by atoms with E-state index in [0.717, 1.165) is 10.1 Å². The Hall–Kier alpha value is -1.63. The fourth-order valence-corrected chi connectivity index (χ4v) is 2.72. The Balaban J connectivity index is 1.72. The molecule has 0 aromatic carbocycles. The van der Waals surface area contributed by atoms with Crippen molar-refractivity contribution in [2.45, 2.75) is 51.7 Å². The first kappa shape index (κ1) is 15.3. The van der Waals surface area contributed by atoms with E-state index in [4.69, 9.17) is 4.74 Å². The van der Waals surface area contributed by atoms with Crippen molar-refractivity contribution < 1.29 is 9.53 Å². The third kappa shape index (κ3) is 3.58. The highest BCUT2D eigenvalue weighted by atomic mass is 79.9. The van der Waals surface area contributed by atoms with Crippen LogP contribution in [0.4, 0.5) is 4.79 Å². The monoisotopic (exact) mass is 366 g/mol. The molecule has 0 saturated heterocycles. The van der Waals surface area contributed by atoms with Crippen LogP contribution < -0.4 is 5.32 Å². The van der Waals surface area contributed by atoms with E-state index in [2.05, 4.69) is 37.4 Å². The van der Waals surface area contributed by atoms with Gasteiger partial charge in [0.2, 0.25) is 0 Å². The smallest absolute Gasteiger partial charge is 0.408 e. The molecule has 1 amide bonds. The molecule has 2 aromatic rings. The predicted octanol–water partition coefficient (Wildman–Crippen LogP) is 3.39. The van der Waals surface area contributed by atoms with Crippen LogP contribution in [0.25, 0.3) is 5.65 Å². The Kier molecular flexibility index (Phi) is 3.84. The third-order valence-electron chi connectivity index (χ3n) is 3.29. The number of carbonyl (C=O) groups excluding carboxylic acids is 1. The van der Waals surface area contributed by atoms with Gasteiger partial charge in [0.1, 0.15) is 5.60 Å². The molecule has 1 aliphatic carbocycles.